The average molecular weight is 1380 g/mol. The summed E-state index contributed by atoms with van der Waals surface area (Å²) in [6, 6.07) is 0. The third kappa shape index (κ3) is 67.3. The number of carbonyl (C=O) groups is 4. The minimum Gasteiger partial charge on any atom is -0.462 e. The Balaban J connectivity index is 5.28. The van der Waals surface area contributed by atoms with Gasteiger partial charge >= 0.3 is 39.5 Å². The van der Waals surface area contributed by atoms with E-state index in [-0.39, 0.29) is 25.7 Å². The Morgan fingerprint density at radius 3 is 0.755 bits per heavy atom. The molecule has 558 valence electrons. The maximum absolute atomic E-state index is 13.1. The summed E-state index contributed by atoms with van der Waals surface area (Å²) in [4.78, 5) is 72.8. The SMILES string of the molecule is CCC(C)CCCCCCCCCCC(=O)OC[C@H](COP(=O)(O)OC[C@H](O)COP(=O)(O)OC[C@@H](COC(=O)CCCCCCCCCCCCCC(C)C)OC(=O)CCCCCCCCCCCCCC(C)C)OC(=O)CCCCCCCCCCCCCC(C)C. The quantitative estimate of drug-likeness (QED) is 0.0222. The molecule has 3 N–H and O–H groups in total. The van der Waals surface area contributed by atoms with Gasteiger partial charge in [0.15, 0.2) is 12.2 Å². The second-order valence-corrected chi connectivity index (χ2v) is 31.6. The van der Waals surface area contributed by atoms with E-state index in [2.05, 4.69) is 55.4 Å². The molecule has 0 aromatic rings. The van der Waals surface area contributed by atoms with Crippen LogP contribution in [0.2, 0.25) is 0 Å². The largest absolute Gasteiger partial charge is 0.472 e. The van der Waals surface area contributed by atoms with Crippen LogP contribution in [-0.4, -0.2) is 96.7 Å². The number of unbranched alkanes of at least 4 members (excludes halogenated alkanes) is 37. The lowest BCUT2D eigenvalue weighted by molar-refractivity contribution is -0.161. The molecule has 0 aliphatic heterocycles. The molecule has 0 saturated carbocycles. The van der Waals surface area contributed by atoms with Crippen LogP contribution in [0.1, 0.15) is 376 Å². The number of ether oxygens (including phenoxy) is 4. The van der Waals surface area contributed by atoms with E-state index in [1.807, 2.05) is 0 Å². The van der Waals surface area contributed by atoms with E-state index < -0.39 is 97.5 Å². The molecule has 0 aromatic carbocycles. The molecule has 0 heterocycles. The maximum atomic E-state index is 13.1. The maximum Gasteiger partial charge on any atom is 0.472 e. The van der Waals surface area contributed by atoms with E-state index in [0.29, 0.717) is 25.7 Å². The Morgan fingerprint density at radius 1 is 0.298 bits per heavy atom. The van der Waals surface area contributed by atoms with Gasteiger partial charge in [-0.05, 0) is 49.4 Å². The zero-order chi connectivity index (χ0) is 69.6. The fourth-order valence-electron chi connectivity index (χ4n) is 11.3. The van der Waals surface area contributed by atoms with Crippen LogP contribution in [0, 0.1) is 23.7 Å². The summed E-state index contributed by atoms with van der Waals surface area (Å²) >= 11 is 0. The average Bonchev–Trinajstić information content (AvgIpc) is 1.92. The van der Waals surface area contributed by atoms with E-state index in [9.17, 15) is 43.2 Å². The number of hydrogen-bond acceptors (Lipinski definition) is 15. The molecule has 17 nitrogen and oxygen atoms in total. The van der Waals surface area contributed by atoms with Crippen molar-refractivity contribution >= 4 is 39.5 Å². The summed E-state index contributed by atoms with van der Waals surface area (Å²) in [6.45, 7) is 14.2. The number of aliphatic hydroxyl groups is 1. The van der Waals surface area contributed by atoms with Crippen LogP contribution in [0.4, 0.5) is 0 Å². The van der Waals surface area contributed by atoms with Gasteiger partial charge < -0.3 is 33.8 Å². The van der Waals surface area contributed by atoms with Crippen molar-refractivity contribution in [1.82, 2.24) is 0 Å². The third-order valence-corrected chi connectivity index (χ3v) is 19.6. The number of rotatable bonds is 72. The zero-order valence-electron chi connectivity index (χ0n) is 61.6. The minimum absolute atomic E-state index is 0.106. The summed E-state index contributed by atoms with van der Waals surface area (Å²) in [5, 5.41) is 10.6. The lowest BCUT2D eigenvalue weighted by atomic mass is 9.99. The van der Waals surface area contributed by atoms with Gasteiger partial charge in [-0.1, -0.05) is 325 Å². The van der Waals surface area contributed by atoms with Crippen molar-refractivity contribution in [3.8, 4) is 0 Å². The lowest BCUT2D eigenvalue weighted by Crippen LogP contribution is -2.30. The molecular weight excluding hydrogens is 1230 g/mol. The van der Waals surface area contributed by atoms with Crippen LogP contribution in [0.15, 0.2) is 0 Å². The number of carbonyl (C=O) groups excluding carboxylic acids is 4. The highest BCUT2D eigenvalue weighted by molar-refractivity contribution is 7.47. The van der Waals surface area contributed by atoms with E-state index in [1.54, 1.807) is 0 Å². The minimum atomic E-state index is -4.96. The first-order valence-electron chi connectivity index (χ1n) is 38.7. The Hall–Kier alpha value is -1.94. The second-order valence-electron chi connectivity index (χ2n) is 28.7. The Morgan fingerprint density at radius 2 is 0.511 bits per heavy atom. The van der Waals surface area contributed by atoms with Crippen LogP contribution in [-0.2, 0) is 65.4 Å². The molecule has 0 bridgehead atoms. The molecule has 0 rings (SSSR count). The van der Waals surface area contributed by atoms with Gasteiger partial charge in [0, 0.05) is 25.7 Å². The molecule has 0 saturated heterocycles. The van der Waals surface area contributed by atoms with E-state index in [1.165, 1.54) is 180 Å². The number of aliphatic hydroxyl groups excluding tert-OH is 1. The van der Waals surface area contributed by atoms with Crippen LogP contribution in [0.25, 0.3) is 0 Å². The van der Waals surface area contributed by atoms with Gasteiger partial charge in [-0.3, -0.25) is 37.3 Å². The molecule has 0 aliphatic rings. The zero-order valence-corrected chi connectivity index (χ0v) is 63.4. The fraction of sp³-hybridized carbons (Fsp3) is 0.947. The summed E-state index contributed by atoms with van der Waals surface area (Å²) in [6.07, 6.45) is 48.4. The normalized spacial score (nSPS) is 14.4. The first-order valence-corrected chi connectivity index (χ1v) is 41.7. The van der Waals surface area contributed by atoms with Gasteiger partial charge in [0.2, 0.25) is 0 Å². The van der Waals surface area contributed by atoms with Crippen LogP contribution < -0.4 is 0 Å². The van der Waals surface area contributed by atoms with Gasteiger partial charge in [0.25, 0.3) is 0 Å². The number of phosphoric acid groups is 2. The third-order valence-electron chi connectivity index (χ3n) is 17.7. The van der Waals surface area contributed by atoms with Crippen molar-refractivity contribution in [3.05, 3.63) is 0 Å². The summed E-state index contributed by atoms with van der Waals surface area (Å²) in [5.74, 6) is 0.958. The van der Waals surface area contributed by atoms with Gasteiger partial charge in [0.1, 0.15) is 19.3 Å². The number of esters is 4. The first kappa shape index (κ1) is 92.1. The van der Waals surface area contributed by atoms with Gasteiger partial charge in [0.05, 0.1) is 26.4 Å². The summed E-state index contributed by atoms with van der Waals surface area (Å²) in [5.41, 5.74) is 0. The van der Waals surface area contributed by atoms with Gasteiger partial charge in [-0.15, -0.1) is 0 Å². The highest BCUT2D eigenvalue weighted by Crippen LogP contribution is 2.45. The molecule has 0 spiro atoms. The summed E-state index contributed by atoms with van der Waals surface area (Å²) < 4.78 is 68.5. The van der Waals surface area contributed by atoms with Gasteiger partial charge in [-0.25, -0.2) is 9.13 Å². The first-order chi connectivity index (χ1) is 45.1. The summed E-state index contributed by atoms with van der Waals surface area (Å²) in [7, 11) is -9.91. The van der Waals surface area contributed by atoms with Crippen molar-refractivity contribution in [2.75, 3.05) is 39.6 Å². The monoisotopic (exact) mass is 1380 g/mol. The molecule has 19 heteroatoms. The van der Waals surface area contributed by atoms with Crippen molar-refractivity contribution in [2.45, 2.75) is 395 Å². The van der Waals surface area contributed by atoms with Crippen LogP contribution in [0.5, 0.6) is 0 Å². The van der Waals surface area contributed by atoms with Crippen molar-refractivity contribution in [3.63, 3.8) is 0 Å². The highest BCUT2D eigenvalue weighted by atomic mass is 31.2. The predicted octanol–water partition coefficient (Wildman–Crippen LogP) is 21.7. The standard InChI is InChI=1S/C75H146O17P2/c1-9-68(8)54-46-38-30-25-26-32-40-48-56-73(78)86-62-71(92-75(80)58-50-42-34-24-18-12-15-21-29-37-45-53-67(6)7)64-90-94(83,84)88-60-69(76)59-87-93(81,82)89-63-70(91-74(79)57-49-41-33-23-17-11-14-20-28-36-44-52-66(4)5)61-85-72(77)55-47-39-31-22-16-10-13-19-27-35-43-51-65(2)3/h65-71,76H,9-64H2,1-8H3,(H,81,82)(H,83,84)/t68?,69-,70-,71-/m1/s1. The fourth-order valence-corrected chi connectivity index (χ4v) is 12.9. The molecule has 0 radical (unpaired) electrons. The van der Waals surface area contributed by atoms with E-state index >= 15 is 0 Å². The second kappa shape index (κ2) is 64.4. The number of hydrogen-bond donors (Lipinski definition) is 3. The van der Waals surface area contributed by atoms with Crippen molar-refractivity contribution in [2.24, 2.45) is 23.7 Å². The predicted molar refractivity (Wildman–Crippen MR) is 381 cm³/mol. The molecule has 0 aromatic heterocycles. The molecule has 6 atom stereocenters. The highest BCUT2D eigenvalue weighted by Gasteiger charge is 2.30. The molecule has 0 aliphatic carbocycles. The van der Waals surface area contributed by atoms with Crippen LogP contribution in [0.3, 0.4) is 0 Å². The topological polar surface area (TPSA) is 237 Å². The van der Waals surface area contributed by atoms with Crippen molar-refractivity contribution in [1.29, 1.82) is 0 Å². The van der Waals surface area contributed by atoms with E-state index in [0.717, 1.165) is 114 Å². The van der Waals surface area contributed by atoms with E-state index in [4.69, 9.17) is 37.0 Å². The molecule has 0 fully saturated rings. The smallest absolute Gasteiger partial charge is 0.462 e. The Kier molecular flexibility index (Phi) is 63.1. The van der Waals surface area contributed by atoms with Gasteiger partial charge in [-0.2, -0.15) is 0 Å². The number of phosphoric ester groups is 2. The lowest BCUT2D eigenvalue weighted by Gasteiger charge is -2.21. The molecule has 3 unspecified atom stereocenters. The van der Waals surface area contributed by atoms with Crippen LogP contribution >= 0.6 is 15.6 Å². The molecule has 94 heavy (non-hydrogen) atoms. The molecular formula is C75H146O17P2. The van der Waals surface area contributed by atoms with Crippen molar-refractivity contribution < 1.29 is 80.2 Å². The Bertz CT molecular complexity index is 1850. The molecule has 0 amide bonds. The Labute approximate surface area is 575 Å².